The van der Waals surface area contributed by atoms with Gasteiger partial charge in [0.15, 0.2) is 5.78 Å². The maximum absolute atomic E-state index is 11.3. The van der Waals surface area contributed by atoms with Crippen LogP contribution in [0.5, 0.6) is 0 Å². The Bertz CT molecular complexity index is 292. The summed E-state index contributed by atoms with van der Waals surface area (Å²) in [6.07, 6.45) is 5.56. The van der Waals surface area contributed by atoms with Crippen molar-refractivity contribution in [2.24, 2.45) is 11.7 Å². The highest BCUT2D eigenvalue weighted by molar-refractivity contribution is 5.94. The predicted octanol–water partition coefficient (Wildman–Crippen LogP) is 1.79. The summed E-state index contributed by atoms with van der Waals surface area (Å²) < 4.78 is 5.47. The molecule has 1 rings (SSSR count). The van der Waals surface area contributed by atoms with Crippen molar-refractivity contribution in [2.75, 3.05) is 13.2 Å². The molecule has 0 fully saturated rings. The first-order chi connectivity index (χ1) is 7.19. The van der Waals surface area contributed by atoms with E-state index in [1.807, 2.05) is 12.2 Å². The van der Waals surface area contributed by atoms with E-state index in [-0.39, 0.29) is 5.78 Å². The van der Waals surface area contributed by atoms with E-state index >= 15 is 0 Å². The number of carbonyl (C=O) groups is 1. The summed E-state index contributed by atoms with van der Waals surface area (Å²) in [5.41, 5.74) is 6.28. The average Bonchev–Trinajstić information content (AvgIpc) is 2.25. The number of carbonyl (C=O) groups excluding carboxylic acids is 1. The summed E-state index contributed by atoms with van der Waals surface area (Å²) in [6, 6.07) is 0. The fourth-order valence-electron chi connectivity index (χ4n) is 1.81. The van der Waals surface area contributed by atoms with Gasteiger partial charge in [0, 0.05) is 13.0 Å². The standard InChI is InChI=1S/C12H19NO2/c1-3-10-8-11(15-7-6-13)4-5-12(10)9(2)14/h4-5,10H,3,6-8,13H2,1-2H3/t10-/m0/s1. The zero-order valence-electron chi connectivity index (χ0n) is 9.45. The first-order valence-electron chi connectivity index (χ1n) is 5.43. The van der Waals surface area contributed by atoms with Crippen molar-refractivity contribution in [1.29, 1.82) is 0 Å². The molecule has 1 atom stereocenters. The lowest BCUT2D eigenvalue weighted by Gasteiger charge is -2.22. The summed E-state index contributed by atoms with van der Waals surface area (Å²) in [7, 11) is 0. The summed E-state index contributed by atoms with van der Waals surface area (Å²) in [5, 5.41) is 0. The van der Waals surface area contributed by atoms with Crippen molar-refractivity contribution in [3.8, 4) is 0 Å². The summed E-state index contributed by atoms with van der Waals surface area (Å²) in [6.45, 7) is 4.78. The van der Waals surface area contributed by atoms with Gasteiger partial charge in [-0.3, -0.25) is 4.79 Å². The van der Waals surface area contributed by atoms with Gasteiger partial charge < -0.3 is 10.5 Å². The molecule has 0 aromatic carbocycles. The fraction of sp³-hybridized carbons (Fsp3) is 0.583. The van der Waals surface area contributed by atoms with Crippen LogP contribution in [0.25, 0.3) is 0 Å². The van der Waals surface area contributed by atoms with E-state index in [2.05, 4.69) is 6.92 Å². The summed E-state index contributed by atoms with van der Waals surface area (Å²) >= 11 is 0. The topological polar surface area (TPSA) is 52.3 Å². The molecule has 0 heterocycles. The van der Waals surface area contributed by atoms with E-state index in [1.54, 1.807) is 6.92 Å². The molecule has 0 spiro atoms. The largest absolute Gasteiger partial charge is 0.497 e. The molecule has 3 nitrogen and oxygen atoms in total. The van der Waals surface area contributed by atoms with Gasteiger partial charge in [0.2, 0.25) is 0 Å². The van der Waals surface area contributed by atoms with Gasteiger partial charge in [-0.1, -0.05) is 13.0 Å². The van der Waals surface area contributed by atoms with Gasteiger partial charge in [-0.2, -0.15) is 0 Å². The molecule has 0 aliphatic heterocycles. The Labute approximate surface area is 91.0 Å². The smallest absolute Gasteiger partial charge is 0.156 e. The van der Waals surface area contributed by atoms with E-state index < -0.39 is 0 Å². The second kappa shape index (κ2) is 5.71. The van der Waals surface area contributed by atoms with E-state index in [4.69, 9.17) is 10.5 Å². The lowest BCUT2D eigenvalue weighted by molar-refractivity contribution is -0.114. The van der Waals surface area contributed by atoms with Crippen molar-refractivity contribution in [3.63, 3.8) is 0 Å². The van der Waals surface area contributed by atoms with Crippen molar-refractivity contribution in [1.82, 2.24) is 0 Å². The normalized spacial score (nSPS) is 20.6. The fourth-order valence-corrected chi connectivity index (χ4v) is 1.81. The Morgan fingerprint density at radius 1 is 1.60 bits per heavy atom. The molecule has 0 bridgehead atoms. The van der Waals surface area contributed by atoms with Gasteiger partial charge in [0.1, 0.15) is 0 Å². The number of hydrogen-bond acceptors (Lipinski definition) is 3. The Kier molecular flexibility index (Phi) is 4.56. The third-order valence-corrected chi connectivity index (χ3v) is 2.64. The molecular weight excluding hydrogens is 190 g/mol. The Morgan fingerprint density at radius 3 is 2.87 bits per heavy atom. The molecule has 0 saturated heterocycles. The van der Waals surface area contributed by atoms with Crippen LogP contribution < -0.4 is 5.73 Å². The van der Waals surface area contributed by atoms with Gasteiger partial charge in [0.05, 0.1) is 12.4 Å². The van der Waals surface area contributed by atoms with E-state index in [0.29, 0.717) is 19.1 Å². The first kappa shape index (κ1) is 12.0. The minimum absolute atomic E-state index is 0.163. The zero-order chi connectivity index (χ0) is 11.3. The molecule has 0 saturated carbocycles. The van der Waals surface area contributed by atoms with E-state index in [0.717, 1.165) is 24.2 Å². The van der Waals surface area contributed by atoms with Crippen molar-refractivity contribution in [3.05, 3.63) is 23.5 Å². The summed E-state index contributed by atoms with van der Waals surface area (Å²) in [4.78, 5) is 11.3. The monoisotopic (exact) mass is 209 g/mol. The van der Waals surface area contributed by atoms with Crippen LogP contribution >= 0.6 is 0 Å². The Balaban J connectivity index is 2.70. The number of rotatable bonds is 5. The lowest BCUT2D eigenvalue weighted by Crippen LogP contribution is -2.16. The molecule has 0 aromatic rings. The number of nitrogens with two attached hydrogens (primary N) is 1. The van der Waals surface area contributed by atoms with Crippen molar-refractivity contribution < 1.29 is 9.53 Å². The Hall–Kier alpha value is -1.09. The van der Waals surface area contributed by atoms with Gasteiger partial charge in [0.25, 0.3) is 0 Å². The van der Waals surface area contributed by atoms with Crippen LogP contribution in [0.1, 0.15) is 26.7 Å². The second-order valence-corrected chi connectivity index (χ2v) is 3.76. The van der Waals surface area contributed by atoms with Gasteiger partial charge >= 0.3 is 0 Å². The highest BCUT2D eigenvalue weighted by atomic mass is 16.5. The number of Topliss-reactive ketones (excluding diaryl/α,β-unsaturated/α-hetero) is 1. The van der Waals surface area contributed by atoms with Crippen LogP contribution in [0, 0.1) is 5.92 Å². The molecule has 1 aliphatic carbocycles. The maximum Gasteiger partial charge on any atom is 0.156 e. The lowest BCUT2D eigenvalue weighted by atomic mass is 9.86. The Morgan fingerprint density at radius 2 is 2.33 bits per heavy atom. The number of ketones is 1. The maximum atomic E-state index is 11.3. The van der Waals surface area contributed by atoms with Gasteiger partial charge in [-0.15, -0.1) is 0 Å². The van der Waals surface area contributed by atoms with Crippen LogP contribution in [-0.2, 0) is 9.53 Å². The second-order valence-electron chi connectivity index (χ2n) is 3.76. The molecule has 3 heteroatoms. The molecule has 2 N–H and O–H groups in total. The summed E-state index contributed by atoms with van der Waals surface area (Å²) in [5.74, 6) is 1.41. The minimum Gasteiger partial charge on any atom is -0.497 e. The molecule has 84 valence electrons. The first-order valence-corrected chi connectivity index (χ1v) is 5.43. The molecular formula is C12H19NO2. The van der Waals surface area contributed by atoms with Crippen molar-refractivity contribution >= 4 is 5.78 Å². The highest BCUT2D eigenvalue weighted by Crippen LogP contribution is 2.28. The molecule has 1 aliphatic rings. The van der Waals surface area contributed by atoms with Crippen LogP contribution in [-0.4, -0.2) is 18.9 Å². The third kappa shape index (κ3) is 3.20. The van der Waals surface area contributed by atoms with E-state index in [1.165, 1.54) is 0 Å². The van der Waals surface area contributed by atoms with Crippen LogP contribution in [0.2, 0.25) is 0 Å². The minimum atomic E-state index is 0.163. The molecule has 0 amide bonds. The van der Waals surface area contributed by atoms with Crippen LogP contribution in [0.3, 0.4) is 0 Å². The molecule has 15 heavy (non-hydrogen) atoms. The van der Waals surface area contributed by atoms with Crippen molar-refractivity contribution in [2.45, 2.75) is 26.7 Å². The van der Waals surface area contributed by atoms with Crippen LogP contribution in [0.4, 0.5) is 0 Å². The zero-order valence-corrected chi connectivity index (χ0v) is 9.45. The van der Waals surface area contributed by atoms with Gasteiger partial charge in [-0.05, 0) is 30.9 Å². The van der Waals surface area contributed by atoms with Gasteiger partial charge in [-0.25, -0.2) is 0 Å². The third-order valence-electron chi connectivity index (χ3n) is 2.64. The predicted molar refractivity (Wildman–Crippen MR) is 60.3 cm³/mol. The number of ether oxygens (including phenoxy) is 1. The molecule has 0 aromatic heterocycles. The molecule has 0 unspecified atom stereocenters. The van der Waals surface area contributed by atoms with Crippen LogP contribution in [0.15, 0.2) is 23.5 Å². The average molecular weight is 209 g/mol. The number of allylic oxidation sites excluding steroid dienone is 4. The van der Waals surface area contributed by atoms with E-state index in [9.17, 15) is 4.79 Å². The highest BCUT2D eigenvalue weighted by Gasteiger charge is 2.21. The SMILES string of the molecule is CC[C@H]1CC(OCCN)=CC=C1C(C)=O. The number of hydrogen-bond donors (Lipinski definition) is 1. The quantitative estimate of drug-likeness (QED) is 0.751. The molecule has 0 radical (unpaired) electrons.